The zero-order valence-corrected chi connectivity index (χ0v) is 18.0. The first-order chi connectivity index (χ1) is 14.7. The van der Waals surface area contributed by atoms with Gasteiger partial charge in [-0.3, -0.25) is 14.3 Å². The second-order valence-electron chi connectivity index (χ2n) is 7.94. The van der Waals surface area contributed by atoms with Crippen LogP contribution >= 0.6 is 11.6 Å². The number of carbonyl (C=O) groups excluding carboxylic acids is 1. The smallest absolute Gasteiger partial charge is 0.251 e. The summed E-state index contributed by atoms with van der Waals surface area (Å²) < 4.78 is 29.8. The lowest BCUT2D eigenvalue weighted by molar-refractivity contribution is 0.100. The fourth-order valence-electron chi connectivity index (χ4n) is 3.57. The van der Waals surface area contributed by atoms with E-state index in [0.717, 1.165) is 18.5 Å². The van der Waals surface area contributed by atoms with E-state index in [4.69, 9.17) is 17.3 Å². The first-order valence-electron chi connectivity index (χ1n) is 9.57. The highest BCUT2D eigenvalue weighted by molar-refractivity contribution is 7.89. The van der Waals surface area contributed by atoms with Crippen LogP contribution in [0.25, 0.3) is 28.1 Å². The van der Waals surface area contributed by atoms with Crippen molar-refractivity contribution in [2.45, 2.75) is 30.2 Å². The zero-order valence-electron chi connectivity index (χ0n) is 16.5. The molecule has 2 aliphatic carbocycles. The molecule has 3 aromatic heterocycles. The summed E-state index contributed by atoms with van der Waals surface area (Å²) in [4.78, 5) is 21.2. The van der Waals surface area contributed by atoms with Gasteiger partial charge in [-0.25, -0.2) is 18.1 Å². The molecule has 8 nitrogen and oxygen atoms in total. The fourth-order valence-corrected chi connectivity index (χ4v) is 5.13. The number of fused-ring (bicyclic) bond motifs is 1. The highest BCUT2D eigenvalue weighted by atomic mass is 35.5. The maximum Gasteiger partial charge on any atom is 0.251 e. The Labute approximate surface area is 183 Å². The summed E-state index contributed by atoms with van der Waals surface area (Å²) in [6, 6.07) is 4.66. The molecule has 1 amide bonds. The van der Waals surface area contributed by atoms with Crippen molar-refractivity contribution in [3.8, 4) is 11.4 Å². The van der Waals surface area contributed by atoms with Gasteiger partial charge in [-0.1, -0.05) is 17.7 Å². The maximum absolute atomic E-state index is 12.6. The monoisotopic (exact) mass is 455 g/mol. The highest BCUT2D eigenvalue weighted by Crippen LogP contribution is 2.38. The van der Waals surface area contributed by atoms with Gasteiger partial charge < -0.3 is 5.73 Å². The first-order valence-corrected chi connectivity index (χ1v) is 11.4. The summed E-state index contributed by atoms with van der Waals surface area (Å²) >= 11 is 6.12. The number of carbonyl (C=O) groups is 1. The normalized spacial score (nSPS) is 16.8. The molecule has 0 radical (unpaired) electrons. The van der Waals surface area contributed by atoms with Crippen molar-refractivity contribution in [3.63, 3.8) is 0 Å². The Morgan fingerprint density at radius 1 is 1.26 bits per heavy atom. The van der Waals surface area contributed by atoms with Crippen molar-refractivity contribution < 1.29 is 13.2 Å². The average molecular weight is 456 g/mol. The van der Waals surface area contributed by atoms with E-state index in [2.05, 4.69) is 14.7 Å². The van der Waals surface area contributed by atoms with E-state index in [1.807, 2.05) is 25.2 Å². The number of sulfonamides is 1. The third kappa shape index (κ3) is 3.34. The van der Waals surface area contributed by atoms with Gasteiger partial charge in [-0.15, -0.1) is 0 Å². The number of nitrogens with zero attached hydrogens (tertiary/aromatic N) is 3. The van der Waals surface area contributed by atoms with Gasteiger partial charge in [0.05, 0.1) is 22.0 Å². The van der Waals surface area contributed by atoms with Gasteiger partial charge >= 0.3 is 0 Å². The van der Waals surface area contributed by atoms with Gasteiger partial charge in [-0.2, -0.15) is 0 Å². The second kappa shape index (κ2) is 6.74. The van der Waals surface area contributed by atoms with Gasteiger partial charge in [0.1, 0.15) is 10.5 Å². The lowest BCUT2D eigenvalue weighted by atomic mass is 10.1. The van der Waals surface area contributed by atoms with E-state index < -0.39 is 21.5 Å². The number of aromatic nitrogens is 3. The van der Waals surface area contributed by atoms with Gasteiger partial charge in [-0.05, 0) is 50.1 Å². The zero-order chi connectivity index (χ0) is 22.0. The number of nitrogens with one attached hydrogen (secondary N) is 1. The fraction of sp³-hybridized carbons (Fsp3) is 0.190. The number of pyridine rings is 2. The predicted octanol–water partition coefficient (Wildman–Crippen LogP) is 3.09. The first kappa shape index (κ1) is 19.9. The van der Waals surface area contributed by atoms with E-state index in [0.29, 0.717) is 27.4 Å². The van der Waals surface area contributed by atoms with Crippen LogP contribution in [0, 0.1) is 0 Å². The van der Waals surface area contributed by atoms with Crippen molar-refractivity contribution in [3.05, 3.63) is 59.4 Å². The van der Waals surface area contributed by atoms with Crippen molar-refractivity contribution in [1.82, 2.24) is 19.3 Å². The molecule has 0 atom stereocenters. The van der Waals surface area contributed by atoms with E-state index >= 15 is 0 Å². The Morgan fingerprint density at radius 2 is 2.00 bits per heavy atom. The molecule has 158 valence electrons. The summed E-state index contributed by atoms with van der Waals surface area (Å²) in [5.41, 5.74) is 7.67. The standard InChI is InChI=1S/C21H18ClN5O3S/c1-21(7-8-21)26-31(29,30)14-5-6-16(24-11-14)18-17(19(23)28)15-9-12(22)10-25-20(15)27(18)13-3-2-4-13/h2-6,9-11,26H,7-8H2,1H3,(H2,23,28). The number of rotatable bonds is 6. The van der Waals surface area contributed by atoms with Crippen molar-refractivity contribution >= 4 is 44.3 Å². The molecule has 0 spiro atoms. The van der Waals surface area contributed by atoms with Gasteiger partial charge in [0.15, 0.2) is 0 Å². The Balaban J connectivity index is 1.68. The van der Waals surface area contributed by atoms with Crippen LogP contribution in [0.5, 0.6) is 0 Å². The molecular weight excluding hydrogens is 438 g/mol. The Hall–Kier alpha value is -3.01. The highest BCUT2D eigenvalue weighted by Gasteiger charge is 2.41. The SMILES string of the molecule is CC1(NS(=O)(=O)c2ccc(-c3c(C(N)=O)c4cc(Cl)cnc4n3C3=CC=C3)nc2)CC1. The summed E-state index contributed by atoms with van der Waals surface area (Å²) in [5.74, 6) is -0.659. The molecule has 1 fully saturated rings. The number of hydrogen-bond donors (Lipinski definition) is 2. The summed E-state index contributed by atoms with van der Waals surface area (Å²) in [6.07, 6.45) is 9.97. The van der Waals surface area contributed by atoms with Crippen molar-refractivity contribution in [2.24, 2.45) is 5.73 Å². The molecule has 0 aromatic carbocycles. The number of halogens is 1. The quantitative estimate of drug-likeness (QED) is 0.591. The summed E-state index contributed by atoms with van der Waals surface area (Å²) in [5, 5.41) is 0.865. The summed E-state index contributed by atoms with van der Waals surface area (Å²) in [6.45, 7) is 1.86. The van der Waals surface area contributed by atoms with Crippen LogP contribution in [0.1, 0.15) is 30.1 Å². The second-order valence-corrected chi connectivity index (χ2v) is 10.1. The molecule has 0 unspecified atom stereocenters. The minimum Gasteiger partial charge on any atom is -0.366 e. The molecule has 0 bridgehead atoms. The predicted molar refractivity (Wildman–Crippen MR) is 118 cm³/mol. The molecule has 3 N–H and O–H groups in total. The van der Waals surface area contributed by atoms with Crippen LogP contribution in [0.2, 0.25) is 5.02 Å². The van der Waals surface area contributed by atoms with Crippen LogP contribution in [-0.2, 0) is 10.0 Å². The molecule has 3 heterocycles. The van der Waals surface area contributed by atoms with Gasteiger partial charge in [0.2, 0.25) is 10.0 Å². The van der Waals surface area contributed by atoms with Crippen LogP contribution in [0.3, 0.4) is 0 Å². The Morgan fingerprint density at radius 3 is 2.55 bits per heavy atom. The molecule has 2 aliphatic rings. The van der Waals surface area contributed by atoms with E-state index in [9.17, 15) is 13.2 Å². The van der Waals surface area contributed by atoms with Crippen molar-refractivity contribution in [1.29, 1.82) is 0 Å². The van der Waals surface area contributed by atoms with Crippen LogP contribution in [0.15, 0.2) is 53.7 Å². The van der Waals surface area contributed by atoms with Crippen LogP contribution in [0.4, 0.5) is 0 Å². The van der Waals surface area contributed by atoms with Gasteiger partial charge in [0.25, 0.3) is 5.91 Å². The van der Waals surface area contributed by atoms with E-state index in [1.165, 1.54) is 18.5 Å². The minimum absolute atomic E-state index is 0.0524. The molecule has 5 rings (SSSR count). The molecule has 1 saturated carbocycles. The molecule has 10 heteroatoms. The van der Waals surface area contributed by atoms with Gasteiger partial charge in [0, 0.05) is 29.0 Å². The molecular formula is C21H18ClN5O3S. The molecule has 3 aromatic rings. The number of primary amides is 1. The number of allylic oxidation sites excluding steroid dienone is 4. The minimum atomic E-state index is -3.69. The topological polar surface area (TPSA) is 120 Å². The Bertz CT molecular complexity index is 1420. The number of amides is 1. The van der Waals surface area contributed by atoms with Crippen molar-refractivity contribution in [2.75, 3.05) is 0 Å². The maximum atomic E-state index is 12.6. The third-order valence-corrected chi connectivity index (χ3v) is 7.31. The lowest BCUT2D eigenvalue weighted by Gasteiger charge is -2.15. The number of nitrogens with two attached hydrogens (primary N) is 1. The molecule has 0 aliphatic heterocycles. The third-order valence-electron chi connectivity index (χ3n) is 5.48. The molecule has 0 saturated heterocycles. The van der Waals surface area contributed by atoms with Crippen LogP contribution < -0.4 is 10.5 Å². The van der Waals surface area contributed by atoms with Crippen LogP contribution in [-0.4, -0.2) is 34.4 Å². The van der Waals surface area contributed by atoms with E-state index in [-0.39, 0.29) is 10.5 Å². The largest absolute Gasteiger partial charge is 0.366 e. The molecule has 31 heavy (non-hydrogen) atoms. The number of hydrogen-bond acceptors (Lipinski definition) is 5. The van der Waals surface area contributed by atoms with E-state index in [1.54, 1.807) is 16.7 Å². The summed E-state index contributed by atoms with van der Waals surface area (Å²) in [7, 11) is -3.69. The average Bonchev–Trinajstić information content (AvgIpc) is 3.29. The lowest BCUT2D eigenvalue weighted by Crippen LogP contribution is -2.34. The Kier molecular flexibility index (Phi) is 4.34.